The third-order valence-corrected chi connectivity index (χ3v) is 5.72. The van der Waals surface area contributed by atoms with Crippen LogP contribution in [-0.2, 0) is 17.8 Å². The van der Waals surface area contributed by atoms with Crippen molar-refractivity contribution in [2.24, 2.45) is 0 Å². The summed E-state index contributed by atoms with van der Waals surface area (Å²) in [5.41, 5.74) is 2.97. The molecule has 0 amide bonds. The van der Waals surface area contributed by atoms with Gasteiger partial charge in [0.15, 0.2) is 10.9 Å². The van der Waals surface area contributed by atoms with E-state index in [0.717, 1.165) is 22.0 Å². The molecule has 2 aromatic carbocycles. The number of morpholine rings is 1. The Labute approximate surface area is 215 Å². The summed E-state index contributed by atoms with van der Waals surface area (Å²) in [4.78, 5) is 22.9. The first-order chi connectivity index (χ1) is 18.0. The van der Waals surface area contributed by atoms with Gasteiger partial charge in [0, 0.05) is 25.4 Å². The van der Waals surface area contributed by atoms with Gasteiger partial charge in [0.2, 0.25) is 0 Å². The van der Waals surface area contributed by atoms with Crippen LogP contribution in [0.3, 0.4) is 0 Å². The van der Waals surface area contributed by atoms with E-state index in [1.54, 1.807) is 24.3 Å². The minimum Gasteiger partial charge on any atom is -0.378 e. The molecule has 0 radical (unpaired) electrons. The predicted octanol–water partition coefficient (Wildman–Crippen LogP) is 3.42. The second kappa shape index (κ2) is 12.5. The molecule has 4 rings (SSSR count). The Morgan fingerprint density at radius 2 is 1.89 bits per heavy atom. The third kappa shape index (κ3) is 7.48. The number of nitrogens with one attached hydrogen (secondary N) is 3. The maximum absolute atomic E-state index is 11.6. The summed E-state index contributed by atoms with van der Waals surface area (Å²) >= 11 is 0. The Kier molecular flexibility index (Phi) is 8.61. The Balaban J connectivity index is 1.47. The fourth-order valence-corrected chi connectivity index (χ4v) is 3.72. The van der Waals surface area contributed by atoms with Gasteiger partial charge in [-0.05, 0) is 24.1 Å². The Morgan fingerprint density at radius 3 is 2.59 bits per heavy atom. The highest BCUT2D eigenvalue weighted by Gasteiger charge is 2.22. The second-order valence-electron chi connectivity index (χ2n) is 8.50. The first-order valence-corrected chi connectivity index (χ1v) is 12.0. The lowest BCUT2D eigenvalue weighted by atomic mass is 10.1. The van der Waals surface area contributed by atoms with Gasteiger partial charge in [-0.3, -0.25) is 5.41 Å². The molecule has 1 saturated heterocycles. The molecule has 0 bridgehead atoms. The van der Waals surface area contributed by atoms with Crippen LogP contribution in [0.25, 0.3) is 6.08 Å². The lowest BCUT2D eigenvalue weighted by Crippen LogP contribution is -2.43. The maximum Gasteiger partial charge on any atom is 0.255 e. The van der Waals surface area contributed by atoms with Gasteiger partial charge < -0.3 is 20.3 Å². The van der Waals surface area contributed by atoms with Gasteiger partial charge in [-0.15, -0.1) is 0 Å². The van der Waals surface area contributed by atoms with Gasteiger partial charge in [0.1, 0.15) is 18.2 Å². The molecule has 3 N–H and O–H groups in total. The second-order valence-corrected chi connectivity index (χ2v) is 8.50. The van der Waals surface area contributed by atoms with Crippen LogP contribution in [-0.4, -0.2) is 52.3 Å². The molecular formula is C26H30N8O3. The van der Waals surface area contributed by atoms with Crippen molar-refractivity contribution in [3.63, 3.8) is 0 Å². The predicted molar refractivity (Wildman–Crippen MR) is 142 cm³/mol. The van der Waals surface area contributed by atoms with E-state index in [2.05, 4.69) is 25.5 Å². The van der Waals surface area contributed by atoms with Crippen LogP contribution < -0.4 is 15.5 Å². The van der Waals surface area contributed by atoms with Gasteiger partial charge >= 0.3 is 0 Å². The zero-order chi connectivity index (χ0) is 26.0. The van der Waals surface area contributed by atoms with Crippen molar-refractivity contribution in [1.29, 1.82) is 5.41 Å². The molecule has 1 aliphatic heterocycles. The van der Waals surface area contributed by atoms with Gasteiger partial charge in [-0.25, -0.2) is 20.1 Å². The molecule has 0 aliphatic carbocycles. The van der Waals surface area contributed by atoms with E-state index in [9.17, 15) is 10.1 Å². The lowest BCUT2D eigenvalue weighted by molar-refractivity contribution is -0.634. The van der Waals surface area contributed by atoms with Crippen molar-refractivity contribution in [2.75, 3.05) is 36.5 Å². The number of anilines is 2. The number of hydrogen-bond donors (Lipinski definition) is 3. The van der Waals surface area contributed by atoms with Gasteiger partial charge in [-0.1, -0.05) is 65.2 Å². The van der Waals surface area contributed by atoms with Gasteiger partial charge in [0.05, 0.1) is 19.8 Å². The largest absolute Gasteiger partial charge is 0.378 e. The van der Waals surface area contributed by atoms with Crippen molar-refractivity contribution >= 4 is 23.7 Å². The highest BCUT2D eigenvalue weighted by molar-refractivity contribution is 5.75. The van der Waals surface area contributed by atoms with Crippen LogP contribution in [0.15, 0.2) is 66.9 Å². The number of guanidine groups is 1. The lowest BCUT2D eigenvalue weighted by Gasteiger charge is -2.28. The molecular weight excluding hydrogens is 472 g/mol. The molecule has 2 heterocycles. The Morgan fingerprint density at radius 1 is 1.16 bits per heavy atom. The van der Waals surface area contributed by atoms with Crippen LogP contribution >= 0.6 is 0 Å². The summed E-state index contributed by atoms with van der Waals surface area (Å²) < 4.78 is 5.46. The third-order valence-electron chi connectivity index (χ3n) is 5.72. The topological polar surface area (TPSA) is 133 Å². The summed E-state index contributed by atoms with van der Waals surface area (Å²) in [6.45, 7) is 4.67. The van der Waals surface area contributed by atoms with Crippen molar-refractivity contribution in [2.45, 2.75) is 20.0 Å². The summed E-state index contributed by atoms with van der Waals surface area (Å²) in [6, 6.07) is 19.0. The molecule has 1 fully saturated rings. The number of nitrogens with zero attached hydrogens (tertiary/aromatic N) is 5. The highest BCUT2D eigenvalue weighted by Crippen LogP contribution is 2.18. The number of aryl methyl sites for hydroxylation is 1. The van der Waals surface area contributed by atoms with Gasteiger partial charge in [0.25, 0.3) is 5.96 Å². The minimum atomic E-state index is -0.601. The number of hydrazine groups is 1. The number of aromatic nitrogens is 2. The molecule has 0 spiro atoms. The standard InChI is InChI=1S/C26H30N8O3/c1-20-7-9-21(10-8-20)11-12-28-23-17-25(32-13-15-37-16-14-32)31-24(30-23)18-29-26(27)33(34(35)36)19-22-5-3-2-4-6-22/h2-12,17H,13-16,18-19H2,1H3,(H2,27,29)(H,28,30,31)/b12-11+. The summed E-state index contributed by atoms with van der Waals surface area (Å²) in [7, 11) is 0. The molecule has 11 nitrogen and oxygen atoms in total. The smallest absolute Gasteiger partial charge is 0.255 e. The Hall–Kier alpha value is -4.51. The van der Waals surface area contributed by atoms with Crippen LogP contribution in [0.5, 0.6) is 0 Å². The first-order valence-electron chi connectivity index (χ1n) is 12.0. The summed E-state index contributed by atoms with van der Waals surface area (Å²) in [5.74, 6) is 1.37. The van der Waals surface area contributed by atoms with Crippen molar-refractivity contribution in [1.82, 2.24) is 20.3 Å². The van der Waals surface area contributed by atoms with Gasteiger partial charge in [-0.2, -0.15) is 0 Å². The van der Waals surface area contributed by atoms with Crippen LogP contribution in [0.2, 0.25) is 0 Å². The number of hydrogen-bond acceptors (Lipinski definition) is 8. The SMILES string of the molecule is Cc1ccc(/C=C/Nc2cc(N3CCOCC3)nc(CNC(=N)N(Cc3ccccc3)[N+](=O)[O-])n2)cc1. The van der Waals surface area contributed by atoms with Crippen LogP contribution in [0.4, 0.5) is 11.6 Å². The number of ether oxygens (including phenoxy) is 1. The fraction of sp³-hybridized carbons (Fsp3) is 0.269. The van der Waals surface area contributed by atoms with E-state index in [1.807, 2.05) is 55.6 Å². The molecule has 11 heteroatoms. The average molecular weight is 503 g/mol. The summed E-state index contributed by atoms with van der Waals surface area (Å²) in [5, 5.41) is 26.0. The highest BCUT2D eigenvalue weighted by atomic mass is 16.7. The van der Waals surface area contributed by atoms with E-state index in [1.165, 1.54) is 5.56 Å². The number of rotatable bonds is 9. The molecule has 0 unspecified atom stereocenters. The van der Waals surface area contributed by atoms with Crippen molar-refractivity contribution in [3.8, 4) is 0 Å². The minimum absolute atomic E-state index is 0.0367. The summed E-state index contributed by atoms with van der Waals surface area (Å²) in [6.07, 6.45) is 3.76. The molecule has 192 valence electrons. The molecule has 1 aromatic heterocycles. The van der Waals surface area contributed by atoms with E-state index in [-0.39, 0.29) is 19.0 Å². The number of benzene rings is 2. The van der Waals surface area contributed by atoms with E-state index < -0.39 is 5.03 Å². The molecule has 1 aliphatic rings. The quantitative estimate of drug-likeness (QED) is 0.174. The molecule has 0 atom stereocenters. The zero-order valence-corrected chi connectivity index (χ0v) is 20.6. The maximum atomic E-state index is 11.6. The number of nitro groups is 1. The van der Waals surface area contributed by atoms with E-state index in [0.29, 0.717) is 37.9 Å². The zero-order valence-electron chi connectivity index (χ0n) is 20.6. The normalized spacial score (nSPS) is 13.4. The van der Waals surface area contributed by atoms with E-state index >= 15 is 0 Å². The molecule has 0 saturated carbocycles. The van der Waals surface area contributed by atoms with Crippen molar-refractivity contribution in [3.05, 3.63) is 99.5 Å². The van der Waals surface area contributed by atoms with Crippen LogP contribution in [0, 0.1) is 22.4 Å². The first kappa shape index (κ1) is 25.6. The van der Waals surface area contributed by atoms with E-state index in [4.69, 9.17) is 10.1 Å². The average Bonchev–Trinajstić information content (AvgIpc) is 2.92. The molecule has 37 heavy (non-hydrogen) atoms. The molecule has 3 aromatic rings. The van der Waals surface area contributed by atoms with Crippen molar-refractivity contribution < 1.29 is 9.77 Å². The monoisotopic (exact) mass is 502 g/mol. The Bertz CT molecular complexity index is 1230. The van der Waals surface area contributed by atoms with Crippen LogP contribution in [0.1, 0.15) is 22.5 Å². The fourth-order valence-electron chi connectivity index (χ4n) is 3.72.